The minimum Gasteiger partial charge on any atom is -0.480 e. The Morgan fingerprint density at radius 2 is 1.75 bits per heavy atom. The summed E-state index contributed by atoms with van der Waals surface area (Å²) in [5.74, 6) is -3.10. The summed E-state index contributed by atoms with van der Waals surface area (Å²) in [6.07, 6.45) is 2.52. The van der Waals surface area contributed by atoms with E-state index < -0.39 is 36.5 Å². The number of hydrogen-bond donors (Lipinski definition) is 2. The van der Waals surface area contributed by atoms with Crippen LogP contribution >= 0.6 is 47.1 Å². The summed E-state index contributed by atoms with van der Waals surface area (Å²) >= 11 is 8.73. The molecule has 0 unspecified atom stereocenters. The number of benzene rings is 1. The summed E-state index contributed by atoms with van der Waals surface area (Å²) in [5.41, 5.74) is 3.83. The van der Waals surface area contributed by atoms with Gasteiger partial charge in [0.25, 0.3) is 11.5 Å². The van der Waals surface area contributed by atoms with Gasteiger partial charge in [0.15, 0.2) is 0 Å². The van der Waals surface area contributed by atoms with Gasteiger partial charge in [0.1, 0.15) is 27.0 Å². The number of carboxylic acids is 2. The van der Waals surface area contributed by atoms with E-state index >= 15 is 0 Å². The smallest absolute Gasteiger partial charge is 0.323 e. The molecule has 0 spiro atoms. The molecule has 1 aromatic heterocycles. The predicted octanol–water partition coefficient (Wildman–Crippen LogP) is 1.67. The number of allylic oxidation sites excluding steroid dienone is 1. The Kier molecular flexibility index (Phi) is 6.35. The summed E-state index contributed by atoms with van der Waals surface area (Å²) in [7, 11) is 0. The van der Waals surface area contributed by atoms with Crippen LogP contribution in [0.25, 0.3) is 10.5 Å². The number of thiazole rings is 1. The summed E-state index contributed by atoms with van der Waals surface area (Å²) < 4.78 is 1.65. The van der Waals surface area contributed by atoms with Crippen LogP contribution in [0.5, 0.6) is 0 Å². The third-order valence-corrected chi connectivity index (χ3v) is 9.97. The van der Waals surface area contributed by atoms with Crippen molar-refractivity contribution in [2.75, 3.05) is 18.0 Å². The summed E-state index contributed by atoms with van der Waals surface area (Å²) in [6, 6.07) is 4.32. The fourth-order valence-corrected chi connectivity index (χ4v) is 8.01. The van der Waals surface area contributed by atoms with Crippen molar-refractivity contribution >= 4 is 85.4 Å². The second-order valence-corrected chi connectivity index (χ2v) is 12.1. The molecule has 186 valence electrons. The SMILES string of the molecule is Cc1cc2c(cc1C)N1CC/C(=c3\s/c(=C4/SC(=S)N(CC(=O)O)C4=O)n(CC(=O)O)c3=O)C=C1S2. The highest BCUT2D eigenvalue weighted by atomic mass is 32.2. The zero-order valence-corrected chi connectivity index (χ0v) is 22.3. The van der Waals surface area contributed by atoms with Crippen LogP contribution in [0.3, 0.4) is 0 Å². The second-order valence-electron chi connectivity index (χ2n) is 8.42. The molecule has 0 atom stereocenters. The van der Waals surface area contributed by atoms with Gasteiger partial charge >= 0.3 is 11.9 Å². The van der Waals surface area contributed by atoms with E-state index in [1.54, 1.807) is 11.8 Å². The summed E-state index contributed by atoms with van der Waals surface area (Å²) in [4.78, 5) is 53.4. The van der Waals surface area contributed by atoms with Gasteiger partial charge in [0.2, 0.25) is 0 Å². The first kappa shape index (κ1) is 24.8. The largest absolute Gasteiger partial charge is 0.480 e. The molecule has 36 heavy (non-hydrogen) atoms. The first-order chi connectivity index (χ1) is 17.0. The highest BCUT2D eigenvalue weighted by Gasteiger charge is 2.36. The average Bonchev–Trinajstić information content (AvgIpc) is 3.40. The van der Waals surface area contributed by atoms with Gasteiger partial charge in [-0.2, -0.15) is 0 Å². The average molecular weight is 562 g/mol. The van der Waals surface area contributed by atoms with Crippen molar-refractivity contribution in [1.82, 2.24) is 9.47 Å². The minimum atomic E-state index is -1.23. The Morgan fingerprint density at radius 1 is 1.06 bits per heavy atom. The molecule has 0 saturated carbocycles. The lowest BCUT2D eigenvalue weighted by Crippen LogP contribution is -2.37. The van der Waals surface area contributed by atoms with Crippen molar-refractivity contribution in [3.05, 3.63) is 53.9 Å². The van der Waals surface area contributed by atoms with Crippen LogP contribution in [0.1, 0.15) is 17.5 Å². The molecule has 0 bridgehead atoms. The third-order valence-electron chi connectivity index (χ3n) is 6.05. The van der Waals surface area contributed by atoms with Crippen molar-refractivity contribution in [2.24, 2.45) is 0 Å². The Labute approximate surface area is 222 Å². The van der Waals surface area contributed by atoms with Crippen LogP contribution in [0.4, 0.5) is 5.69 Å². The van der Waals surface area contributed by atoms with Crippen LogP contribution < -0.4 is 19.7 Å². The van der Waals surface area contributed by atoms with Gasteiger partial charge < -0.3 is 15.1 Å². The van der Waals surface area contributed by atoms with Crippen molar-refractivity contribution in [2.45, 2.75) is 31.7 Å². The molecule has 1 aromatic carbocycles. The number of carbonyl (C=O) groups is 3. The second kappa shape index (κ2) is 9.21. The Hall–Kier alpha value is -2.87. The topological polar surface area (TPSA) is 120 Å². The van der Waals surface area contributed by atoms with Crippen molar-refractivity contribution in [3.63, 3.8) is 0 Å². The number of thioether (sulfide) groups is 2. The molecule has 1 saturated heterocycles. The number of fused-ring (bicyclic) bond motifs is 3. The van der Waals surface area contributed by atoms with E-state index in [0.717, 1.165) is 53.8 Å². The van der Waals surface area contributed by atoms with E-state index in [1.165, 1.54) is 11.1 Å². The zero-order valence-electron chi connectivity index (χ0n) is 19.1. The van der Waals surface area contributed by atoms with Crippen LogP contribution in [0.2, 0.25) is 0 Å². The molecular weight excluding hydrogens is 543 g/mol. The molecule has 9 nitrogen and oxygen atoms in total. The van der Waals surface area contributed by atoms with Gasteiger partial charge in [-0.15, -0.1) is 11.3 Å². The maximum absolute atomic E-state index is 13.4. The highest BCUT2D eigenvalue weighted by Crippen LogP contribution is 2.49. The van der Waals surface area contributed by atoms with E-state index in [1.807, 2.05) is 6.08 Å². The summed E-state index contributed by atoms with van der Waals surface area (Å²) in [6.45, 7) is 3.58. The van der Waals surface area contributed by atoms with E-state index in [2.05, 4.69) is 30.9 Å². The first-order valence-electron chi connectivity index (χ1n) is 10.8. The number of aryl methyl sites for hydroxylation is 2. The van der Waals surface area contributed by atoms with Crippen LogP contribution in [0.15, 0.2) is 32.9 Å². The molecule has 1 fully saturated rings. The molecule has 0 aliphatic carbocycles. The summed E-state index contributed by atoms with van der Waals surface area (Å²) in [5, 5.41) is 19.5. The van der Waals surface area contributed by atoms with Gasteiger partial charge in [0.05, 0.1) is 15.2 Å². The zero-order chi connectivity index (χ0) is 25.9. The lowest BCUT2D eigenvalue weighted by atomic mass is 10.1. The quantitative estimate of drug-likeness (QED) is 0.534. The molecular formula is C23H19N3O6S4. The Bertz CT molecular complexity index is 1600. The Balaban J connectivity index is 1.66. The number of hydrogen-bond acceptors (Lipinski definition) is 9. The van der Waals surface area contributed by atoms with E-state index in [9.17, 15) is 24.3 Å². The van der Waals surface area contributed by atoms with Crippen LogP contribution in [-0.2, 0) is 20.9 Å². The van der Waals surface area contributed by atoms with E-state index in [0.29, 0.717) is 17.5 Å². The third kappa shape index (κ3) is 4.19. The molecule has 0 radical (unpaired) electrons. The minimum absolute atomic E-state index is 0.0514. The number of nitrogens with zero attached hydrogens (tertiary/aromatic N) is 3. The number of carboxylic acid groups (broad SMARTS) is 2. The molecule has 1 amide bonds. The number of carbonyl (C=O) groups excluding carboxylic acids is 1. The van der Waals surface area contributed by atoms with Gasteiger partial charge in [-0.25, -0.2) is 0 Å². The number of thiocarbonyl (C=S) groups is 1. The molecule has 4 heterocycles. The Morgan fingerprint density at radius 3 is 2.44 bits per heavy atom. The first-order valence-corrected chi connectivity index (χ1v) is 13.6. The molecule has 3 aliphatic rings. The fraction of sp³-hybridized carbons (Fsp3) is 0.261. The number of aromatic nitrogens is 1. The number of anilines is 1. The molecule has 13 heteroatoms. The normalized spacial score (nSPS) is 20.0. The maximum Gasteiger partial charge on any atom is 0.323 e. The predicted molar refractivity (Wildman–Crippen MR) is 144 cm³/mol. The fourth-order valence-electron chi connectivity index (χ4n) is 4.18. The highest BCUT2D eigenvalue weighted by molar-refractivity contribution is 8.30. The molecule has 3 aliphatic heterocycles. The lowest BCUT2D eigenvalue weighted by Gasteiger charge is -2.25. The van der Waals surface area contributed by atoms with Crippen LogP contribution in [-0.4, -0.2) is 54.9 Å². The number of rotatable bonds is 4. The van der Waals surface area contributed by atoms with Gasteiger partial charge in [-0.05, 0) is 55.2 Å². The van der Waals surface area contributed by atoms with Gasteiger partial charge in [-0.3, -0.25) is 28.6 Å². The standard InChI is InChI=1S/C23H19N3O6S4/c1-10-5-13-14(6-11(10)2)34-15-7-12(3-4-24(13)15)18-20(31)25(8-16(27)28)22(35-18)19-21(32)26(9-17(29)30)23(33)36-19/h5-7H,3-4,8-9H2,1-2H3,(H,27,28)(H,29,30)/b18-12+,22-19+. The van der Waals surface area contributed by atoms with E-state index in [-0.39, 0.29) is 13.9 Å². The molecule has 2 aromatic rings. The maximum atomic E-state index is 13.4. The molecule has 2 N–H and O–H groups in total. The van der Waals surface area contributed by atoms with Crippen molar-refractivity contribution in [3.8, 4) is 0 Å². The monoisotopic (exact) mass is 561 g/mol. The van der Waals surface area contributed by atoms with E-state index in [4.69, 9.17) is 17.3 Å². The van der Waals surface area contributed by atoms with Gasteiger partial charge in [-0.1, -0.05) is 35.7 Å². The van der Waals surface area contributed by atoms with Crippen molar-refractivity contribution in [1.29, 1.82) is 0 Å². The number of aliphatic carboxylic acids is 2. The van der Waals surface area contributed by atoms with Gasteiger partial charge in [0, 0.05) is 11.4 Å². The molecule has 5 rings (SSSR count). The lowest BCUT2D eigenvalue weighted by molar-refractivity contribution is -0.140. The van der Waals surface area contributed by atoms with Crippen LogP contribution in [0, 0.1) is 13.8 Å². The van der Waals surface area contributed by atoms with Crippen molar-refractivity contribution < 1.29 is 24.6 Å². The number of amides is 1.